The lowest BCUT2D eigenvalue weighted by Crippen LogP contribution is -2.62. The predicted molar refractivity (Wildman–Crippen MR) is 319 cm³/mol. The Morgan fingerprint density at radius 3 is 1.20 bits per heavy atom. The number of benzene rings is 4. The van der Waals surface area contributed by atoms with Gasteiger partial charge in [-0.25, -0.2) is 41.5 Å². The van der Waals surface area contributed by atoms with Gasteiger partial charge >= 0.3 is 36.3 Å². The molecule has 508 valence electrons. The lowest BCUT2D eigenvalue weighted by Gasteiger charge is -2.47. The normalized spacial score (nSPS) is 22.0. The van der Waals surface area contributed by atoms with Crippen molar-refractivity contribution in [1.82, 2.24) is 10.6 Å². The first-order chi connectivity index (χ1) is 43.2. The summed E-state index contributed by atoms with van der Waals surface area (Å²) in [4.78, 5) is 59.1. The molecule has 28 heteroatoms. The van der Waals surface area contributed by atoms with Crippen LogP contribution in [-0.2, 0) is 88.2 Å². The molecule has 2 aliphatic rings. The smallest absolute Gasteiger partial charge is 0.475 e. The maximum absolute atomic E-state index is 16.2. The first-order valence-electron chi connectivity index (χ1n) is 29.1. The van der Waals surface area contributed by atoms with Gasteiger partial charge in [-0.2, -0.15) is 13.2 Å². The third-order valence-corrected chi connectivity index (χ3v) is 14.1. The van der Waals surface area contributed by atoms with Crippen LogP contribution in [0.3, 0.4) is 0 Å². The van der Waals surface area contributed by atoms with Crippen LogP contribution in [0.2, 0.25) is 0 Å². The number of rotatable bonds is 27. The second kappa shape index (κ2) is 40.6. The molecule has 2 heterocycles. The molecule has 4 aromatic rings. The largest absolute Gasteiger partial charge is 0.490 e. The first-order valence-corrected chi connectivity index (χ1v) is 30.1. The van der Waals surface area contributed by atoms with Gasteiger partial charge in [0, 0.05) is 31.8 Å². The van der Waals surface area contributed by atoms with Crippen LogP contribution in [0.1, 0.15) is 89.5 Å². The summed E-state index contributed by atoms with van der Waals surface area (Å²) in [5.74, 6) is -12.9. The van der Waals surface area contributed by atoms with Gasteiger partial charge in [0.25, 0.3) is 11.8 Å². The van der Waals surface area contributed by atoms with E-state index in [0.717, 1.165) is 11.1 Å². The summed E-state index contributed by atoms with van der Waals surface area (Å²) in [6.07, 6.45) is -18.2. The van der Waals surface area contributed by atoms with Crippen LogP contribution < -0.4 is 10.6 Å². The number of methoxy groups -OCH3 is 1. The Balaban J connectivity index is 0.000000414. The standard InChI is InChI=1S/C31H41F2NO8.C29H37F2NO7.C2HF3O2.CH2Cl2/c1-5-25-21(3)26(39-18-22-13-9-7-10-14-22)27(41-20-37-4)28(42-25)31(32,33)17-24(29(35)38-6-2)34-30(36)40-19-23-15-11-8-12-16-23;1-4-23-19(3)25(37-17-20-12-8-6-9-13-20)24(33)26(39-23)29(30,31)16-22(27(34)36-5-2)32-28(35)38-18-21-14-10-7-11-15-21;3-2(4,5)1(6)7;2-1-3/h7-16,21,24-28H,5-6,17-20H2,1-4H3,(H,34,36);6-15,19,22-26,33H,4-5,16-18H2,1-3H3,(H,32,35);(H,6,7);1H2/t21-,24?,25+,26-,27+,28-;19-,22?,23+,24+,25-,26-;;/m00../s1. The highest BCUT2D eigenvalue weighted by Crippen LogP contribution is 2.42. The van der Waals surface area contributed by atoms with Crippen molar-refractivity contribution in [3.05, 3.63) is 144 Å². The zero-order valence-corrected chi connectivity index (χ0v) is 52.9. The van der Waals surface area contributed by atoms with E-state index in [1.807, 2.05) is 74.5 Å². The SMILES string of the molecule is CCOC(=O)C(CC(F)(F)[C@H]1O[C@H](CC)[C@H](C)[C@H](OCc2ccccc2)[C@H]1O)NC(=O)OCc1ccccc1.CCOC(=O)C(CC(F)(F)[C@H]1O[C@H](CC)[C@H](C)[C@H](OCc2ccccc2)[C@H]1OCOC)NC(=O)OCc1ccccc1.ClCCl.O=C(O)C(F)(F)F. The number of aliphatic carboxylic acids is 1. The van der Waals surface area contributed by atoms with E-state index in [-0.39, 0.29) is 63.6 Å². The number of carboxylic acids is 1. The Bertz CT molecular complexity index is 2720. The van der Waals surface area contributed by atoms with Gasteiger partial charge in [-0.05, 0) is 48.9 Å². The van der Waals surface area contributed by atoms with Crippen molar-refractivity contribution in [2.24, 2.45) is 11.8 Å². The Labute approximate surface area is 534 Å². The molecule has 2 unspecified atom stereocenters. The monoisotopic (exact) mass is 1340 g/mol. The number of aliphatic hydroxyl groups excluding tert-OH is 1. The van der Waals surface area contributed by atoms with Gasteiger partial charge < -0.3 is 68.2 Å². The second-order valence-corrected chi connectivity index (χ2v) is 21.4. The number of carbonyl (C=O) groups is 5. The van der Waals surface area contributed by atoms with Crippen LogP contribution >= 0.6 is 23.2 Å². The fourth-order valence-corrected chi connectivity index (χ4v) is 9.61. The molecule has 0 saturated carbocycles. The molecule has 2 amide bonds. The summed E-state index contributed by atoms with van der Waals surface area (Å²) in [7, 11) is 1.39. The number of ether oxygens (including phenoxy) is 10. The van der Waals surface area contributed by atoms with Crippen molar-refractivity contribution in [2.45, 2.75) is 173 Å². The van der Waals surface area contributed by atoms with Crippen LogP contribution in [0.15, 0.2) is 121 Å². The molecule has 2 fully saturated rings. The highest BCUT2D eigenvalue weighted by atomic mass is 35.5. The van der Waals surface area contributed by atoms with Crippen molar-refractivity contribution in [1.29, 1.82) is 0 Å². The zero-order valence-electron chi connectivity index (χ0n) is 51.4. The molecule has 4 N–H and O–H groups in total. The molecule has 2 aliphatic heterocycles. The van der Waals surface area contributed by atoms with Gasteiger partial charge in [-0.1, -0.05) is 149 Å². The number of aliphatic hydroxyl groups is 1. The Kier molecular flexibility index (Phi) is 35.2. The Morgan fingerprint density at radius 1 is 0.527 bits per heavy atom. The van der Waals surface area contributed by atoms with E-state index in [9.17, 15) is 37.5 Å². The molecule has 4 aromatic carbocycles. The third-order valence-electron chi connectivity index (χ3n) is 14.1. The quantitative estimate of drug-likeness (QED) is 0.0143. The molecule has 91 heavy (non-hydrogen) atoms. The number of hydrogen-bond donors (Lipinski definition) is 4. The summed E-state index contributed by atoms with van der Waals surface area (Å²) >= 11 is 9.53. The molecule has 0 bridgehead atoms. The number of nitrogens with one attached hydrogen (secondary N) is 2. The number of amides is 2. The fourth-order valence-electron chi connectivity index (χ4n) is 9.61. The van der Waals surface area contributed by atoms with Crippen molar-refractivity contribution in [3.63, 3.8) is 0 Å². The molecular formula is C63H81Cl2F7N2O17. The average Bonchev–Trinajstić information content (AvgIpc) is 0.799. The number of esters is 2. The van der Waals surface area contributed by atoms with Crippen molar-refractivity contribution in [3.8, 4) is 0 Å². The Morgan fingerprint density at radius 2 is 0.857 bits per heavy atom. The molecule has 6 rings (SSSR count). The molecule has 19 nitrogen and oxygen atoms in total. The van der Waals surface area contributed by atoms with Gasteiger partial charge in [0.1, 0.15) is 50.4 Å². The summed E-state index contributed by atoms with van der Waals surface area (Å²) in [5.41, 5.74) is 3.09. The number of halogens is 9. The van der Waals surface area contributed by atoms with Gasteiger partial charge in [-0.15, -0.1) is 23.2 Å². The van der Waals surface area contributed by atoms with Crippen LogP contribution in [0.5, 0.6) is 0 Å². The van der Waals surface area contributed by atoms with Crippen molar-refractivity contribution < 1.29 is 112 Å². The number of alkyl halides is 9. The van der Waals surface area contributed by atoms with E-state index in [2.05, 4.69) is 10.6 Å². The van der Waals surface area contributed by atoms with Gasteiger partial charge in [0.15, 0.2) is 6.10 Å². The topological polar surface area (TPSA) is 242 Å². The maximum Gasteiger partial charge on any atom is 0.490 e. The second-order valence-electron chi connectivity index (χ2n) is 20.6. The fraction of sp³-hybridized carbons (Fsp3) is 0.540. The molecular weight excluding hydrogens is 1260 g/mol. The summed E-state index contributed by atoms with van der Waals surface area (Å²) in [6.45, 7) is 10.0. The minimum atomic E-state index is -5.08. The molecule has 2 saturated heterocycles. The lowest BCUT2D eigenvalue weighted by atomic mass is 9.83. The van der Waals surface area contributed by atoms with E-state index >= 15 is 17.6 Å². The number of carbonyl (C=O) groups excluding carboxylic acids is 4. The van der Waals surface area contributed by atoms with Crippen LogP contribution in [0.25, 0.3) is 0 Å². The molecule has 0 aliphatic carbocycles. The number of alkyl carbamates (subject to hydrolysis) is 2. The van der Waals surface area contributed by atoms with Gasteiger partial charge in [-0.3, -0.25) is 0 Å². The maximum atomic E-state index is 16.2. The first kappa shape index (κ1) is 78.9. The summed E-state index contributed by atoms with van der Waals surface area (Å²) < 4.78 is 150. The molecule has 0 spiro atoms. The highest BCUT2D eigenvalue weighted by Gasteiger charge is 2.58. The van der Waals surface area contributed by atoms with E-state index in [0.29, 0.717) is 24.0 Å². The Hall–Kier alpha value is -6.36. The number of carboxylic acid groups (broad SMARTS) is 1. The number of hydrogen-bond acceptors (Lipinski definition) is 16. The summed E-state index contributed by atoms with van der Waals surface area (Å²) in [6, 6.07) is 32.7. The van der Waals surface area contributed by atoms with Gasteiger partial charge in [0.05, 0.1) is 56.2 Å². The summed E-state index contributed by atoms with van der Waals surface area (Å²) in [5, 5.41) is 22.8. The van der Waals surface area contributed by atoms with E-state index in [1.165, 1.54) is 14.0 Å². The lowest BCUT2D eigenvalue weighted by molar-refractivity contribution is -0.293. The highest BCUT2D eigenvalue weighted by molar-refractivity contribution is 6.40. The third kappa shape index (κ3) is 27.0. The predicted octanol–water partition coefficient (Wildman–Crippen LogP) is 11.9. The van der Waals surface area contributed by atoms with Crippen molar-refractivity contribution in [2.75, 3.05) is 32.5 Å². The minimum Gasteiger partial charge on any atom is -0.475 e. The van der Waals surface area contributed by atoms with E-state index < -0.39 is 122 Å². The molecule has 12 atom stereocenters. The van der Waals surface area contributed by atoms with E-state index in [4.69, 9.17) is 80.5 Å². The van der Waals surface area contributed by atoms with Gasteiger partial charge in [0.2, 0.25) is 0 Å². The van der Waals surface area contributed by atoms with Crippen LogP contribution in [0.4, 0.5) is 40.3 Å². The van der Waals surface area contributed by atoms with Crippen LogP contribution in [-0.4, -0.2) is 152 Å². The zero-order chi connectivity index (χ0) is 67.7. The van der Waals surface area contributed by atoms with E-state index in [1.54, 1.807) is 81.4 Å². The van der Waals surface area contributed by atoms with Crippen LogP contribution in [0, 0.1) is 11.8 Å². The molecule has 0 radical (unpaired) electrons. The minimum absolute atomic E-state index is 0.0635. The molecule has 0 aromatic heterocycles. The van der Waals surface area contributed by atoms with Crippen molar-refractivity contribution >= 4 is 53.3 Å². The average molecular weight is 1340 g/mol.